The molecule has 1 unspecified atom stereocenters. The van der Waals surface area contributed by atoms with Gasteiger partial charge in [0.2, 0.25) is 0 Å². The van der Waals surface area contributed by atoms with Crippen molar-refractivity contribution in [1.82, 2.24) is 20.3 Å². The highest BCUT2D eigenvalue weighted by Crippen LogP contribution is 2.25. The third kappa shape index (κ3) is 2.43. The van der Waals surface area contributed by atoms with Crippen LogP contribution in [0.2, 0.25) is 0 Å². The fourth-order valence-corrected chi connectivity index (χ4v) is 2.30. The molecule has 5 heteroatoms. The predicted octanol–water partition coefficient (Wildman–Crippen LogP) is 2.27. The Labute approximate surface area is 98.8 Å². The van der Waals surface area contributed by atoms with E-state index < -0.39 is 0 Å². The van der Waals surface area contributed by atoms with Gasteiger partial charge in [-0.2, -0.15) is 0 Å². The van der Waals surface area contributed by atoms with E-state index in [1.807, 2.05) is 6.20 Å². The van der Waals surface area contributed by atoms with Gasteiger partial charge in [0.05, 0.1) is 0 Å². The number of nitrogens with one attached hydrogen (secondary N) is 1. The topological polar surface area (TPSA) is 50.7 Å². The summed E-state index contributed by atoms with van der Waals surface area (Å²) in [5.74, 6) is 0.697. The number of aromatic nitrogens is 3. The monoisotopic (exact) mass is 234 g/mol. The van der Waals surface area contributed by atoms with Crippen molar-refractivity contribution in [3.63, 3.8) is 0 Å². The van der Waals surface area contributed by atoms with E-state index in [4.69, 9.17) is 0 Å². The van der Waals surface area contributed by atoms with E-state index in [0.717, 1.165) is 11.6 Å². The molecule has 0 aliphatic heterocycles. The number of hydrogen-bond acceptors (Lipinski definition) is 5. The Bertz CT molecular complexity index is 440. The van der Waals surface area contributed by atoms with Crippen LogP contribution in [-0.4, -0.2) is 21.5 Å². The van der Waals surface area contributed by atoms with Crippen molar-refractivity contribution in [3.8, 4) is 10.8 Å². The molecule has 16 heavy (non-hydrogen) atoms. The molecular formula is C11H14N4S. The van der Waals surface area contributed by atoms with E-state index in [2.05, 4.69) is 34.1 Å². The number of rotatable bonds is 4. The van der Waals surface area contributed by atoms with Gasteiger partial charge in [0.15, 0.2) is 10.8 Å². The molecule has 1 atom stereocenters. The Morgan fingerprint density at radius 1 is 1.31 bits per heavy atom. The number of nitrogens with zero attached hydrogens (tertiary/aromatic N) is 3. The van der Waals surface area contributed by atoms with Gasteiger partial charge in [0.25, 0.3) is 0 Å². The lowest BCUT2D eigenvalue weighted by molar-refractivity contribution is 0.606. The maximum absolute atomic E-state index is 4.34. The van der Waals surface area contributed by atoms with Gasteiger partial charge in [0.1, 0.15) is 0 Å². The van der Waals surface area contributed by atoms with Crippen LogP contribution in [-0.2, 0) is 0 Å². The van der Waals surface area contributed by atoms with Crippen LogP contribution in [0.3, 0.4) is 0 Å². The van der Waals surface area contributed by atoms with Gasteiger partial charge in [-0.15, -0.1) is 11.3 Å². The van der Waals surface area contributed by atoms with E-state index >= 15 is 0 Å². The number of thiazole rings is 1. The molecule has 0 radical (unpaired) electrons. The van der Waals surface area contributed by atoms with Gasteiger partial charge in [-0.3, -0.25) is 0 Å². The van der Waals surface area contributed by atoms with Crippen molar-refractivity contribution in [1.29, 1.82) is 0 Å². The van der Waals surface area contributed by atoms with Gasteiger partial charge in [-0.25, -0.2) is 15.0 Å². The third-order valence-electron chi connectivity index (χ3n) is 2.22. The van der Waals surface area contributed by atoms with E-state index in [9.17, 15) is 0 Å². The molecule has 2 rings (SSSR count). The SMILES string of the molecule is CCNC(C)c1cnc(-c2ncccn2)s1. The number of hydrogen-bond donors (Lipinski definition) is 1. The van der Waals surface area contributed by atoms with Crippen LogP contribution in [0.25, 0.3) is 10.8 Å². The molecule has 0 aromatic carbocycles. The summed E-state index contributed by atoms with van der Waals surface area (Å²) >= 11 is 1.64. The quantitative estimate of drug-likeness (QED) is 0.881. The molecule has 0 saturated heterocycles. The Hall–Kier alpha value is -1.33. The van der Waals surface area contributed by atoms with Crippen LogP contribution >= 0.6 is 11.3 Å². The Morgan fingerprint density at radius 3 is 2.75 bits per heavy atom. The minimum atomic E-state index is 0.333. The van der Waals surface area contributed by atoms with Crippen molar-refractivity contribution in [2.75, 3.05) is 6.54 Å². The summed E-state index contributed by atoms with van der Waals surface area (Å²) in [6.45, 7) is 5.18. The first-order valence-electron chi connectivity index (χ1n) is 5.27. The first-order chi connectivity index (χ1) is 7.81. The molecule has 0 fully saturated rings. The van der Waals surface area contributed by atoms with E-state index in [0.29, 0.717) is 11.9 Å². The zero-order valence-corrected chi connectivity index (χ0v) is 10.2. The van der Waals surface area contributed by atoms with Crippen molar-refractivity contribution in [2.45, 2.75) is 19.9 Å². The van der Waals surface area contributed by atoms with Crippen molar-refractivity contribution in [2.24, 2.45) is 0 Å². The van der Waals surface area contributed by atoms with Crippen LogP contribution < -0.4 is 5.32 Å². The predicted molar refractivity (Wildman–Crippen MR) is 65.2 cm³/mol. The normalized spacial score (nSPS) is 12.6. The maximum atomic E-state index is 4.34. The van der Waals surface area contributed by atoms with E-state index in [-0.39, 0.29) is 0 Å². The van der Waals surface area contributed by atoms with Gasteiger partial charge >= 0.3 is 0 Å². The van der Waals surface area contributed by atoms with Gasteiger partial charge in [-0.1, -0.05) is 6.92 Å². The molecule has 4 nitrogen and oxygen atoms in total. The van der Waals surface area contributed by atoms with Crippen LogP contribution in [0.4, 0.5) is 0 Å². The molecule has 0 saturated carbocycles. The summed E-state index contributed by atoms with van der Waals surface area (Å²) < 4.78 is 0. The minimum Gasteiger partial charge on any atom is -0.310 e. The van der Waals surface area contributed by atoms with Gasteiger partial charge < -0.3 is 5.32 Å². The van der Waals surface area contributed by atoms with Crippen LogP contribution in [0.15, 0.2) is 24.7 Å². The average molecular weight is 234 g/mol. The molecule has 0 aliphatic rings. The van der Waals surface area contributed by atoms with E-state index in [1.54, 1.807) is 29.8 Å². The fourth-order valence-electron chi connectivity index (χ4n) is 1.41. The molecule has 0 aliphatic carbocycles. The molecule has 0 bridgehead atoms. The highest BCUT2D eigenvalue weighted by atomic mass is 32.1. The first-order valence-corrected chi connectivity index (χ1v) is 6.09. The Balaban J connectivity index is 2.20. The summed E-state index contributed by atoms with van der Waals surface area (Å²) in [4.78, 5) is 13.9. The van der Waals surface area contributed by atoms with Gasteiger partial charge in [-0.05, 0) is 19.5 Å². The molecule has 2 aromatic rings. The minimum absolute atomic E-state index is 0.333. The fraction of sp³-hybridized carbons (Fsp3) is 0.364. The summed E-state index contributed by atoms with van der Waals surface area (Å²) in [5, 5.41) is 4.23. The summed E-state index contributed by atoms with van der Waals surface area (Å²) in [7, 11) is 0. The second-order valence-corrected chi connectivity index (χ2v) is 4.48. The largest absolute Gasteiger partial charge is 0.310 e. The molecule has 2 aromatic heterocycles. The summed E-state index contributed by atoms with van der Waals surface area (Å²) in [6, 6.07) is 2.14. The average Bonchev–Trinajstić information content (AvgIpc) is 2.80. The van der Waals surface area contributed by atoms with Crippen LogP contribution in [0, 0.1) is 0 Å². The second-order valence-electron chi connectivity index (χ2n) is 3.42. The maximum Gasteiger partial charge on any atom is 0.188 e. The molecular weight excluding hydrogens is 220 g/mol. The van der Waals surface area contributed by atoms with Crippen LogP contribution in [0.1, 0.15) is 24.8 Å². The summed E-state index contributed by atoms with van der Waals surface area (Å²) in [5.41, 5.74) is 0. The van der Waals surface area contributed by atoms with Crippen molar-refractivity contribution < 1.29 is 0 Å². The summed E-state index contributed by atoms with van der Waals surface area (Å²) in [6.07, 6.45) is 5.36. The van der Waals surface area contributed by atoms with Crippen molar-refractivity contribution in [3.05, 3.63) is 29.5 Å². The third-order valence-corrected chi connectivity index (χ3v) is 3.39. The van der Waals surface area contributed by atoms with Gasteiger partial charge in [0, 0.05) is 29.5 Å². The lowest BCUT2D eigenvalue weighted by Gasteiger charge is -2.07. The molecule has 0 amide bonds. The molecule has 0 spiro atoms. The highest BCUT2D eigenvalue weighted by Gasteiger charge is 2.10. The highest BCUT2D eigenvalue weighted by molar-refractivity contribution is 7.15. The van der Waals surface area contributed by atoms with Crippen LogP contribution in [0.5, 0.6) is 0 Å². The Morgan fingerprint density at radius 2 is 2.06 bits per heavy atom. The first kappa shape index (κ1) is 11.2. The molecule has 84 valence electrons. The van der Waals surface area contributed by atoms with Crippen molar-refractivity contribution >= 4 is 11.3 Å². The van der Waals surface area contributed by atoms with E-state index in [1.165, 1.54) is 4.88 Å². The second kappa shape index (κ2) is 5.14. The standard InChI is InChI=1S/C11H14N4S/c1-3-12-8(2)9-7-15-11(16-9)10-13-5-4-6-14-10/h4-8,12H,3H2,1-2H3. The smallest absolute Gasteiger partial charge is 0.188 e. The molecule has 2 heterocycles. The molecule has 1 N–H and O–H groups in total. The zero-order valence-electron chi connectivity index (χ0n) is 9.34. The lowest BCUT2D eigenvalue weighted by Crippen LogP contribution is -2.16. The Kier molecular flexibility index (Phi) is 3.58. The zero-order chi connectivity index (χ0) is 11.4. The lowest BCUT2D eigenvalue weighted by atomic mass is 10.3.